The molecule has 0 saturated carbocycles. The average Bonchev–Trinajstić information content (AvgIpc) is 2.75. The van der Waals surface area contributed by atoms with Gasteiger partial charge in [0.1, 0.15) is 5.03 Å². The molecule has 0 spiro atoms. The van der Waals surface area contributed by atoms with Gasteiger partial charge in [0.25, 0.3) is 0 Å². The van der Waals surface area contributed by atoms with E-state index in [-0.39, 0.29) is 17.8 Å². The highest BCUT2D eigenvalue weighted by atomic mass is 32.2. The molecule has 0 saturated heterocycles. The van der Waals surface area contributed by atoms with E-state index in [0.717, 1.165) is 15.6 Å². The van der Waals surface area contributed by atoms with Crippen molar-refractivity contribution >= 4 is 41.0 Å². The highest BCUT2D eigenvalue weighted by molar-refractivity contribution is 7.99. The monoisotopic (exact) mass is 423 g/mol. The molecule has 8 nitrogen and oxygen atoms in total. The predicted molar refractivity (Wildman–Crippen MR) is 117 cm³/mol. The van der Waals surface area contributed by atoms with Crippen molar-refractivity contribution in [3.63, 3.8) is 0 Å². The summed E-state index contributed by atoms with van der Waals surface area (Å²) < 4.78 is 4.66. The largest absolute Gasteiger partial charge is 0.465 e. The first-order valence-corrected chi connectivity index (χ1v) is 9.93. The summed E-state index contributed by atoms with van der Waals surface area (Å²) in [4.78, 5) is 32.6. The number of ether oxygens (including phenoxy) is 1. The van der Waals surface area contributed by atoms with Crippen LogP contribution in [0.1, 0.15) is 16.8 Å². The molecule has 0 unspecified atom stereocenters. The number of methoxy groups -OCH3 is 1. The highest BCUT2D eigenvalue weighted by Gasteiger charge is 2.06. The number of benzene rings is 2. The molecule has 2 aromatic carbocycles. The molecule has 0 aliphatic carbocycles. The van der Waals surface area contributed by atoms with Crippen molar-refractivity contribution in [2.75, 3.05) is 30.0 Å². The third-order valence-electron chi connectivity index (χ3n) is 4.00. The molecule has 0 radical (unpaired) electrons. The minimum absolute atomic E-state index is 0.0994. The summed E-state index contributed by atoms with van der Waals surface area (Å²) in [6.45, 7) is 0.465. The molecule has 0 atom stereocenters. The minimum atomic E-state index is -0.383. The zero-order valence-corrected chi connectivity index (χ0v) is 17.1. The first kappa shape index (κ1) is 21.1. The Balaban J connectivity index is 1.44. The molecule has 1 heterocycles. The summed E-state index contributed by atoms with van der Waals surface area (Å²) >= 11 is 1.46. The third kappa shape index (κ3) is 6.21. The number of aromatic nitrogens is 2. The zero-order chi connectivity index (χ0) is 21.3. The summed E-state index contributed by atoms with van der Waals surface area (Å²) in [7, 11) is 1.34. The average molecular weight is 423 g/mol. The summed E-state index contributed by atoms with van der Waals surface area (Å²) in [5.74, 6) is -0.249. The Morgan fingerprint density at radius 1 is 1.03 bits per heavy atom. The molecule has 30 heavy (non-hydrogen) atoms. The molecular formula is C21H21N5O3S. The van der Waals surface area contributed by atoms with Crippen LogP contribution in [0.2, 0.25) is 0 Å². The number of amides is 1. The SMILES string of the molecule is COC(=O)c1ccc(NCCC(=O)Nc2ccc(Sc3ccnc(N)n3)cc2)cc1. The van der Waals surface area contributed by atoms with Crippen LogP contribution in [0.25, 0.3) is 0 Å². The molecule has 9 heteroatoms. The van der Waals surface area contributed by atoms with Crippen molar-refractivity contribution in [3.05, 3.63) is 66.4 Å². The van der Waals surface area contributed by atoms with E-state index in [4.69, 9.17) is 5.73 Å². The molecule has 154 valence electrons. The lowest BCUT2D eigenvalue weighted by Gasteiger charge is -2.09. The molecule has 4 N–H and O–H groups in total. The van der Waals surface area contributed by atoms with Gasteiger partial charge in [0.15, 0.2) is 0 Å². The molecule has 1 amide bonds. The van der Waals surface area contributed by atoms with Crippen molar-refractivity contribution in [3.8, 4) is 0 Å². The van der Waals surface area contributed by atoms with Gasteiger partial charge in [0.2, 0.25) is 11.9 Å². The molecule has 3 aromatic rings. The number of rotatable bonds is 8. The number of hydrogen-bond acceptors (Lipinski definition) is 8. The number of anilines is 3. The van der Waals surface area contributed by atoms with Gasteiger partial charge >= 0.3 is 5.97 Å². The van der Waals surface area contributed by atoms with Gasteiger partial charge in [0.05, 0.1) is 12.7 Å². The van der Waals surface area contributed by atoms with Gasteiger partial charge in [-0.2, -0.15) is 0 Å². The maximum Gasteiger partial charge on any atom is 0.337 e. The minimum Gasteiger partial charge on any atom is -0.465 e. The van der Waals surface area contributed by atoms with Gasteiger partial charge in [-0.25, -0.2) is 14.8 Å². The smallest absolute Gasteiger partial charge is 0.337 e. The number of hydrogen-bond donors (Lipinski definition) is 3. The molecule has 0 aliphatic heterocycles. The van der Waals surface area contributed by atoms with Crippen molar-refractivity contribution < 1.29 is 14.3 Å². The van der Waals surface area contributed by atoms with Gasteiger partial charge in [-0.1, -0.05) is 11.8 Å². The highest BCUT2D eigenvalue weighted by Crippen LogP contribution is 2.27. The van der Waals surface area contributed by atoms with Gasteiger partial charge in [-0.3, -0.25) is 4.79 Å². The lowest BCUT2D eigenvalue weighted by molar-refractivity contribution is -0.115. The van der Waals surface area contributed by atoms with Crippen LogP contribution in [-0.2, 0) is 9.53 Å². The number of nitrogens with two attached hydrogens (primary N) is 1. The van der Waals surface area contributed by atoms with Crippen molar-refractivity contribution in [2.45, 2.75) is 16.3 Å². The molecule has 1 aromatic heterocycles. The molecule has 3 rings (SSSR count). The van der Waals surface area contributed by atoms with Gasteiger partial charge in [-0.05, 0) is 54.6 Å². The van der Waals surface area contributed by atoms with E-state index in [1.165, 1.54) is 18.9 Å². The summed E-state index contributed by atoms with van der Waals surface area (Å²) in [5.41, 5.74) is 7.60. The Labute approximate surface area is 178 Å². The van der Waals surface area contributed by atoms with Gasteiger partial charge < -0.3 is 21.1 Å². The summed E-state index contributed by atoms with van der Waals surface area (Å²) in [6.07, 6.45) is 1.91. The van der Waals surface area contributed by atoms with Crippen LogP contribution in [0.3, 0.4) is 0 Å². The summed E-state index contributed by atoms with van der Waals surface area (Å²) in [6, 6.07) is 16.1. The van der Waals surface area contributed by atoms with Crippen molar-refractivity contribution in [1.82, 2.24) is 9.97 Å². The number of carbonyl (C=O) groups is 2. The zero-order valence-electron chi connectivity index (χ0n) is 16.3. The fraction of sp³-hybridized carbons (Fsp3) is 0.143. The number of nitrogens with zero attached hydrogens (tertiary/aromatic N) is 2. The second kappa shape index (κ2) is 10.3. The normalized spacial score (nSPS) is 10.3. The first-order valence-electron chi connectivity index (χ1n) is 9.12. The van der Waals surface area contributed by atoms with Crippen molar-refractivity contribution in [1.29, 1.82) is 0 Å². The maximum absolute atomic E-state index is 12.2. The predicted octanol–water partition coefficient (Wildman–Crippen LogP) is 3.44. The molecule has 0 bridgehead atoms. The van der Waals surface area contributed by atoms with Crippen LogP contribution in [0.4, 0.5) is 17.3 Å². The van der Waals surface area contributed by atoms with Gasteiger partial charge in [0, 0.05) is 35.4 Å². The van der Waals surface area contributed by atoms with Crippen LogP contribution in [-0.4, -0.2) is 35.5 Å². The molecule has 0 aliphatic rings. The van der Waals surface area contributed by atoms with E-state index >= 15 is 0 Å². The van der Waals surface area contributed by atoms with Crippen LogP contribution in [0, 0.1) is 0 Å². The van der Waals surface area contributed by atoms with E-state index in [1.54, 1.807) is 36.5 Å². The van der Waals surface area contributed by atoms with Crippen molar-refractivity contribution in [2.24, 2.45) is 0 Å². The standard InChI is InChI=1S/C21H21N5O3S/c1-29-20(28)14-2-4-15(5-3-14)23-12-10-18(27)25-16-6-8-17(9-7-16)30-19-11-13-24-21(22)26-19/h2-9,11,13,23H,10,12H2,1H3,(H,25,27)(H2,22,24,26). The van der Waals surface area contributed by atoms with Gasteiger partial charge in [-0.15, -0.1) is 0 Å². The Morgan fingerprint density at radius 2 is 1.73 bits per heavy atom. The number of nitrogens with one attached hydrogen (secondary N) is 2. The second-order valence-electron chi connectivity index (χ2n) is 6.17. The lowest BCUT2D eigenvalue weighted by Crippen LogP contribution is -2.16. The number of carbonyl (C=O) groups excluding carboxylic acids is 2. The van der Waals surface area contributed by atoms with E-state index < -0.39 is 0 Å². The second-order valence-corrected chi connectivity index (χ2v) is 7.27. The Hall–Kier alpha value is -3.59. The van der Waals surface area contributed by atoms with E-state index in [9.17, 15) is 9.59 Å². The molecular weight excluding hydrogens is 402 g/mol. The lowest BCUT2D eigenvalue weighted by atomic mass is 10.2. The Bertz CT molecular complexity index is 1010. The Kier molecular flexibility index (Phi) is 7.23. The van der Waals surface area contributed by atoms with Crippen LogP contribution >= 0.6 is 11.8 Å². The fourth-order valence-electron chi connectivity index (χ4n) is 2.53. The van der Waals surface area contributed by atoms with E-state index in [0.29, 0.717) is 24.2 Å². The van der Waals surface area contributed by atoms with Crippen LogP contribution in [0.15, 0.2) is 70.7 Å². The van der Waals surface area contributed by atoms with Crippen LogP contribution in [0.5, 0.6) is 0 Å². The fourth-order valence-corrected chi connectivity index (χ4v) is 3.31. The van der Waals surface area contributed by atoms with Crippen LogP contribution < -0.4 is 16.4 Å². The van der Waals surface area contributed by atoms with E-state index in [2.05, 4.69) is 25.3 Å². The quantitative estimate of drug-likeness (QED) is 0.372. The first-order chi connectivity index (χ1) is 14.5. The number of esters is 1. The maximum atomic E-state index is 12.2. The molecule has 0 fully saturated rings. The topological polar surface area (TPSA) is 119 Å². The summed E-state index contributed by atoms with van der Waals surface area (Å²) in [5, 5.41) is 6.77. The Morgan fingerprint density at radius 3 is 2.40 bits per heavy atom. The number of nitrogen functional groups attached to an aromatic ring is 1. The van der Waals surface area contributed by atoms with E-state index in [1.807, 2.05) is 24.3 Å². The third-order valence-corrected chi connectivity index (χ3v) is 4.94.